The van der Waals surface area contributed by atoms with Gasteiger partial charge in [-0.1, -0.05) is 19.1 Å². The number of nitrogens with zero attached hydrogens (tertiary/aromatic N) is 1. The molecule has 0 saturated carbocycles. The van der Waals surface area contributed by atoms with E-state index in [2.05, 4.69) is 6.92 Å². The lowest BCUT2D eigenvalue weighted by Gasteiger charge is -2.09. The summed E-state index contributed by atoms with van der Waals surface area (Å²) in [6, 6.07) is 5.22. The van der Waals surface area contributed by atoms with Crippen LogP contribution in [0.15, 0.2) is 18.2 Å². The summed E-state index contributed by atoms with van der Waals surface area (Å²) in [7, 11) is 1.90. The number of benzene rings is 1. The van der Waals surface area contributed by atoms with E-state index in [1.54, 1.807) is 6.07 Å². The quantitative estimate of drug-likeness (QED) is 0.828. The van der Waals surface area contributed by atoms with Gasteiger partial charge < -0.3 is 10.3 Å². The van der Waals surface area contributed by atoms with Crippen LogP contribution in [0.2, 0.25) is 0 Å². The van der Waals surface area contributed by atoms with Gasteiger partial charge in [0, 0.05) is 18.1 Å². The van der Waals surface area contributed by atoms with Crippen molar-refractivity contribution in [2.45, 2.75) is 19.8 Å². The molecular weight excluding hydrogens is 203 g/mol. The van der Waals surface area contributed by atoms with E-state index in [0.29, 0.717) is 12.1 Å². The van der Waals surface area contributed by atoms with E-state index >= 15 is 0 Å². The molecule has 1 aromatic heterocycles. The van der Waals surface area contributed by atoms with Crippen LogP contribution >= 0.6 is 0 Å². The van der Waals surface area contributed by atoms with Crippen LogP contribution < -0.4 is 5.73 Å². The zero-order chi connectivity index (χ0) is 11.9. The Hall–Kier alpha value is -1.35. The maximum absolute atomic E-state index is 13.8. The minimum atomic E-state index is -0.168. The third-order valence-electron chi connectivity index (χ3n) is 3.35. The van der Waals surface area contributed by atoms with Crippen LogP contribution in [0.25, 0.3) is 10.9 Å². The second kappa shape index (κ2) is 3.91. The van der Waals surface area contributed by atoms with E-state index in [4.69, 9.17) is 5.73 Å². The Bertz CT molecular complexity index is 528. The third-order valence-corrected chi connectivity index (χ3v) is 3.35. The first kappa shape index (κ1) is 11.1. The second-order valence-electron chi connectivity index (χ2n) is 4.33. The van der Waals surface area contributed by atoms with Crippen molar-refractivity contribution < 1.29 is 4.39 Å². The van der Waals surface area contributed by atoms with E-state index in [9.17, 15) is 4.39 Å². The first-order valence-corrected chi connectivity index (χ1v) is 5.51. The molecule has 2 rings (SSSR count). The van der Waals surface area contributed by atoms with Gasteiger partial charge >= 0.3 is 0 Å². The summed E-state index contributed by atoms with van der Waals surface area (Å²) in [6.45, 7) is 4.67. The second-order valence-corrected chi connectivity index (χ2v) is 4.33. The molecule has 16 heavy (non-hydrogen) atoms. The number of hydrogen-bond acceptors (Lipinski definition) is 1. The van der Waals surface area contributed by atoms with Crippen LogP contribution in [0.5, 0.6) is 0 Å². The molecule has 86 valence electrons. The molecule has 0 aliphatic rings. The molecule has 3 heteroatoms. The highest BCUT2D eigenvalue weighted by atomic mass is 19.1. The van der Waals surface area contributed by atoms with Crippen LogP contribution in [-0.2, 0) is 7.05 Å². The monoisotopic (exact) mass is 220 g/mol. The molecule has 0 aliphatic carbocycles. The largest absolute Gasteiger partial charge is 0.345 e. The van der Waals surface area contributed by atoms with Gasteiger partial charge in [0.15, 0.2) is 0 Å². The number of para-hydroxylation sites is 1. The predicted octanol–water partition coefficient (Wildman–Crippen LogP) is 2.69. The van der Waals surface area contributed by atoms with Gasteiger partial charge in [-0.15, -0.1) is 0 Å². The average molecular weight is 220 g/mol. The van der Waals surface area contributed by atoms with Gasteiger partial charge in [0.25, 0.3) is 0 Å². The van der Waals surface area contributed by atoms with Gasteiger partial charge in [0.1, 0.15) is 5.82 Å². The lowest BCUT2D eigenvalue weighted by atomic mass is 9.98. The minimum absolute atomic E-state index is 0.168. The first-order chi connectivity index (χ1) is 7.57. The fourth-order valence-corrected chi connectivity index (χ4v) is 2.36. The van der Waals surface area contributed by atoms with E-state index < -0.39 is 0 Å². The van der Waals surface area contributed by atoms with Crippen molar-refractivity contribution in [3.8, 4) is 0 Å². The molecular formula is C13H17FN2. The molecule has 0 bridgehead atoms. The Labute approximate surface area is 94.9 Å². The molecule has 0 radical (unpaired) electrons. The van der Waals surface area contributed by atoms with E-state index in [-0.39, 0.29) is 11.7 Å². The van der Waals surface area contributed by atoms with Crippen LogP contribution in [0, 0.1) is 12.7 Å². The molecule has 0 amide bonds. The van der Waals surface area contributed by atoms with Crippen LogP contribution in [0.1, 0.15) is 24.1 Å². The Morgan fingerprint density at radius 1 is 1.44 bits per heavy atom. The molecule has 0 spiro atoms. The zero-order valence-corrected chi connectivity index (χ0v) is 9.92. The maximum Gasteiger partial charge on any atom is 0.147 e. The van der Waals surface area contributed by atoms with Gasteiger partial charge in [-0.25, -0.2) is 4.39 Å². The number of nitrogens with two attached hydrogens (primary N) is 1. The molecule has 1 atom stereocenters. The Morgan fingerprint density at radius 3 is 2.75 bits per heavy atom. The number of hydrogen-bond donors (Lipinski definition) is 1. The summed E-state index contributed by atoms with van der Waals surface area (Å²) < 4.78 is 15.7. The molecule has 2 N–H and O–H groups in total. The first-order valence-electron chi connectivity index (χ1n) is 5.51. The highest BCUT2D eigenvalue weighted by molar-refractivity contribution is 5.86. The van der Waals surface area contributed by atoms with Gasteiger partial charge in [-0.2, -0.15) is 0 Å². The topological polar surface area (TPSA) is 30.9 Å². The summed E-state index contributed by atoms with van der Waals surface area (Å²) in [5.74, 6) is 0.0871. The van der Waals surface area contributed by atoms with Gasteiger partial charge in [-0.3, -0.25) is 0 Å². The maximum atomic E-state index is 13.8. The number of aromatic nitrogens is 1. The van der Waals surface area contributed by atoms with E-state index in [0.717, 1.165) is 11.1 Å². The smallest absolute Gasteiger partial charge is 0.147 e. The molecule has 1 unspecified atom stereocenters. The van der Waals surface area contributed by atoms with Crippen LogP contribution in [0.3, 0.4) is 0 Å². The molecule has 0 aliphatic heterocycles. The molecule has 2 nitrogen and oxygen atoms in total. The van der Waals surface area contributed by atoms with Crippen molar-refractivity contribution >= 4 is 10.9 Å². The molecule has 0 saturated heterocycles. The van der Waals surface area contributed by atoms with Gasteiger partial charge in [0.05, 0.1) is 5.52 Å². The minimum Gasteiger partial charge on any atom is -0.345 e. The lowest BCUT2D eigenvalue weighted by Crippen LogP contribution is -2.09. The third kappa shape index (κ3) is 1.43. The number of rotatable bonds is 2. The average Bonchev–Trinajstić information content (AvgIpc) is 2.52. The number of halogens is 1. The van der Waals surface area contributed by atoms with Crippen LogP contribution in [0.4, 0.5) is 4.39 Å². The van der Waals surface area contributed by atoms with Crippen molar-refractivity contribution in [1.29, 1.82) is 0 Å². The Balaban J connectivity index is 2.84. The molecule has 1 aromatic carbocycles. The highest BCUT2D eigenvalue weighted by Crippen LogP contribution is 2.31. The summed E-state index contributed by atoms with van der Waals surface area (Å²) in [5.41, 5.74) is 8.65. The Kier molecular flexibility index (Phi) is 2.72. The molecule has 2 aromatic rings. The van der Waals surface area contributed by atoms with Gasteiger partial charge in [0.2, 0.25) is 0 Å². The zero-order valence-electron chi connectivity index (χ0n) is 9.92. The van der Waals surface area contributed by atoms with E-state index in [1.807, 2.05) is 24.6 Å². The van der Waals surface area contributed by atoms with Crippen molar-refractivity contribution in [3.63, 3.8) is 0 Å². The van der Waals surface area contributed by atoms with Crippen LogP contribution in [-0.4, -0.2) is 11.1 Å². The Morgan fingerprint density at radius 2 is 2.12 bits per heavy atom. The van der Waals surface area contributed by atoms with Crippen molar-refractivity contribution in [3.05, 3.63) is 35.3 Å². The van der Waals surface area contributed by atoms with Crippen molar-refractivity contribution in [2.75, 3.05) is 6.54 Å². The SMILES string of the molecule is Cc1c(C(C)CN)c2cccc(F)c2n1C. The number of fused-ring (bicyclic) bond motifs is 1. The summed E-state index contributed by atoms with van der Waals surface area (Å²) >= 11 is 0. The molecule has 0 fully saturated rings. The van der Waals surface area contributed by atoms with Gasteiger partial charge in [-0.05, 0) is 31.0 Å². The highest BCUT2D eigenvalue weighted by Gasteiger charge is 2.18. The lowest BCUT2D eigenvalue weighted by molar-refractivity contribution is 0.631. The van der Waals surface area contributed by atoms with Crippen molar-refractivity contribution in [2.24, 2.45) is 12.8 Å². The fourth-order valence-electron chi connectivity index (χ4n) is 2.36. The summed E-state index contributed by atoms with van der Waals surface area (Å²) in [5, 5.41) is 0.984. The number of aryl methyl sites for hydroxylation is 1. The van der Waals surface area contributed by atoms with Crippen molar-refractivity contribution in [1.82, 2.24) is 4.57 Å². The fraction of sp³-hybridized carbons (Fsp3) is 0.385. The normalized spacial score (nSPS) is 13.3. The standard InChI is InChI=1S/C13H17FN2/c1-8(7-15)12-9(2)16(3)13-10(12)5-4-6-11(13)14/h4-6,8H,7,15H2,1-3H3. The predicted molar refractivity (Wildman–Crippen MR) is 65.1 cm³/mol. The summed E-state index contributed by atoms with van der Waals surface area (Å²) in [4.78, 5) is 0. The summed E-state index contributed by atoms with van der Waals surface area (Å²) in [6.07, 6.45) is 0. The van der Waals surface area contributed by atoms with E-state index in [1.165, 1.54) is 11.6 Å². The molecule has 1 heterocycles.